The number of hydrogen-bond acceptors (Lipinski definition) is 4. The van der Waals surface area contributed by atoms with E-state index in [1.54, 1.807) is 17.0 Å². The number of fused-ring (bicyclic) bond motifs is 1. The molecule has 3 amide bonds. The van der Waals surface area contributed by atoms with Crippen molar-refractivity contribution < 1.29 is 19.1 Å². The Morgan fingerprint density at radius 3 is 2.62 bits per heavy atom. The maximum atomic E-state index is 12.7. The van der Waals surface area contributed by atoms with Crippen LogP contribution in [0, 0.1) is 3.57 Å². The number of likely N-dealkylation sites (N-methyl/N-ethyl adjacent to an activating group) is 1. The molecule has 26 heavy (non-hydrogen) atoms. The summed E-state index contributed by atoms with van der Waals surface area (Å²) < 4.78 is 6.28. The number of ether oxygens (including phenoxy) is 1. The van der Waals surface area contributed by atoms with Crippen molar-refractivity contribution in [1.82, 2.24) is 0 Å². The number of benzene rings is 1. The molecule has 0 saturated heterocycles. The molecule has 1 aliphatic heterocycles. The van der Waals surface area contributed by atoms with Crippen molar-refractivity contribution in [3.8, 4) is 5.75 Å². The van der Waals surface area contributed by atoms with Gasteiger partial charge in [-0.3, -0.25) is 14.4 Å². The number of primary amides is 1. The summed E-state index contributed by atoms with van der Waals surface area (Å²) in [6.07, 6.45) is 2.78. The largest absolute Gasteiger partial charge is 0.482 e. The van der Waals surface area contributed by atoms with Gasteiger partial charge >= 0.3 is 0 Å². The van der Waals surface area contributed by atoms with Crippen LogP contribution in [-0.4, -0.2) is 30.9 Å². The van der Waals surface area contributed by atoms with E-state index in [-0.39, 0.29) is 18.4 Å². The van der Waals surface area contributed by atoms with Gasteiger partial charge < -0.3 is 20.7 Å². The first-order valence-electron chi connectivity index (χ1n) is 8.52. The Morgan fingerprint density at radius 1 is 1.27 bits per heavy atom. The van der Waals surface area contributed by atoms with E-state index in [0.29, 0.717) is 47.7 Å². The number of carbonyl (C=O) groups is 3. The minimum atomic E-state index is -0.536. The number of nitrogens with zero attached hydrogens (tertiary/aromatic N) is 1. The van der Waals surface area contributed by atoms with Gasteiger partial charge in [0.1, 0.15) is 5.75 Å². The third kappa shape index (κ3) is 3.55. The molecule has 0 aromatic heterocycles. The van der Waals surface area contributed by atoms with Crippen LogP contribution in [0.3, 0.4) is 0 Å². The fraction of sp³-hybridized carbons (Fsp3) is 0.389. The third-order valence-electron chi connectivity index (χ3n) is 4.60. The molecule has 3 rings (SSSR count). The monoisotopic (exact) mass is 469 g/mol. The predicted octanol–water partition coefficient (Wildman–Crippen LogP) is 2.33. The molecule has 1 aromatic carbocycles. The molecule has 138 valence electrons. The molecule has 1 heterocycles. The van der Waals surface area contributed by atoms with Crippen LogP contribution in [0.25, 0.3) is 0 Å². The van der Waals surface area contributed by atoms with Gasteiger partial charge in [-0.2, -0.15) is 0 Å². The highest BCUT2D eigenvalue weighted by Gasteiger charge is 2.27. The standard InChI is InChI=1S/C18H20IN3O4/c1-2-22-14-8-13(12(19)7-15(14)26-9-16(22)23)21-18(25)11-6-4-3-5-10(11)17(20)24/h7-8H,2-6,9H2,1H3,(H2,20,24)(H,21,25). The van der Waals surface area contributed by atoms with Crippen molar-refractivity contribution in [3.63, 3.8) is 0 Å². The predicted molar refractivity (Wildman–Crippen MR) is 106 cm³/mol. The number of carbonyl (C=O) groups excluding carboxylic acids is 3. The Morgan fingerprint density at radius 2 is 1.96 bits per heavy atom. The van der Waals surface area contributed by atoms with Crippen molar-refractivity contribution in [2.45, 2.75) is 32.6 Å². The van der Waals surface area contributed by atoms with Gasteiger partial charge in [-0.1, -0.05) is 0 Å². The van der Waals surface area contributed by atoms with Crippen molar-refractivity contribution in [2.75, 3.05) is 23.4 Å². The Hall–Kier alpha value is -2.10. The van der Waals surface area contributed by atoms with Crippen LogP contribution in [0.2, 0.25) is 0 Å². The lowest BCUT2D eigenvalue weighted by atomic mass is 9.90. The van der Waals surface area contributed by atoms with Gasteiger partial charge in [-0.15, -0.1) is 0 Å². The van der Waals surface area contributed by atoms with Crippen LogP contribution in [0.1, 0.15) is 32.6 Å². The van der Waals surface area contributed by atoms with Gasteiger partial charge in [0.05, 0.1) is 11.4 Å². The zero-order valence-electron chi connectivity index (χ0n) is 14.4. The molecule has 1 aliphatic carbocycles. The number of rotatable bonds is 4. The number of hydrogen-bond donors (Lipinski definition) is 2. The summed E-state index contributed by atoms with van der Waals surface area (Å²) >= 11 is 2.11. The SMILES string of the molecule is CCN1C(=O)COc2cc(I)c(NC(=O)C3=C(C(N)=O)CCCC3)cc21. The second-order valence-electron chi connectivity index (χ2n) is 6.21. The van der Waals surface area contributed by atoms with Crippen molar-refractivity contribution in [1.29, 1.82) is 0 Å². The Bertz CT molecular complexity index is 819. The number of nitrogens with one attached hydrogen (secondary N) is 1. The summed E-state index contributed by atoms with van der Waals surface area (Å²) in [5, 5.41) is 2.87. The van der Waals surface area contributed by atoms with E-state index in [2.05, 4.69) is 27.9 Å². The van der Waals surface area contributed by atoms with Crippen LogP contribution in [0.15, 0.2) is 23.3 Å². The van der Waals surface area contributed by atoms with E-state index < -0.39 is 5.91 Å². The van der Waals surface area contributed by atoms with Gasteiger partial charge in [0.15, 0.2) is 6.61 Å². The van der Waals surface area contributed by atoms with Crippen LogP contribution in [-0.2, 0) is 14.4 Å². The van der Waals surface area contributed by atoms with Crippen LogP contribution >= 0.6 is 22.6 Å². The molecule has 3 N–H and O–H groups in total. The lowest BCUT2D eigenvalue weighted by Gasteiger charge is -2.29. The topological polar surface area (TPSA) is 102 Å². The molecule has 0 unspecified atom stereocenters. The highest BCUT2D eigenvalue weighted by atomic mass is 127. The number of halogens is 1. The lowest BCUT2D eigenvalue weighted by Crippen LogP contribution is -2.38. The summed E-state index contributed by atoms with van der Waals surface area (Å²) in [7, 11) is 0. The van der Waals surface area contributed by atoms with Gasteiger partial charge in [0.25, 0.3) is 11.8 Å². The summed E-state index contributed by atoms with van der Waals surface area (Å²) in [4.78, 5) is 38.0. The summed E-state index contributed by atoms with van der Waals surface area (Å²) in [5.41, 5.74) is 7.50. The highest BCUT2D eigenvalue weighted by molar-refractivity contribution is 14.1. The minimum Gasteiger partial charge on any atom is -0.482 e. The molecular weight excluding hydrogens is 449 g/mol. The molecule has 0 atom stereocenters. The molecular formula is C18H20IN3O4. The fourth-order valence-electron chi connectivity index (χ4n) is 3.29. The Kier molecular flexibility index (Phi) is 5.49. The molecule has 2 aliphatic rings. The molecule has 1 aromatic rings. The second-order valence-corrected chi connectivity index (χ2v) is 7.37. The molecule has 0 spiro atoms. The summed E-state index contributed by atoms with van der Waals surface area (Å²) in [6, 6.07) is 3.54. The number of anilines is 2. The fourth-order valence-corrected chi connectivity index (χ4v) is 3.86. The third-order valence-corrected chi connectivity index (χ3v) is 5.49. The first-order valence-corrected chi connectivity index (χ1v) is 9.60. The molecule has 0 bridgehead atoms. The average Bonchev–Trinajstić information content (AvgIpc) is 2.62. The molecule has 0 radical (unpaired) electrons. The second kappa shape index (κ2) is 7.65. The van der Waals surface area contributed by atoms with E-state index in [4.69, 9.17) is 10.5 Å². The van der Waals surface area contributed by atoms with Crippen molar-refractivity contribution in [2.24, 2.45) is 5.73 Å². The maximum Gasteiger partial charge on any atom is 0.265 e. The number of nitrogens with two attached hydrogens (primary N) is 1. The highest BCUT2D eigenvalue weighted by Crippen LogP contribution is 2.38. The zero-order chi connectivity index (χ0) is 18.8. The van der Waals surface area contributed by atoms with Gasteiger partial charge in [-0.05, 0) is 67.3 Å². The maximum absolute atomic E-state index is 12.7. The van der Waals surface area contributed by atoms with Crippen LogP contribution in [0.4, 0.5) is 11.4 Å². The van der Waals surface area contributed by atoms with E-state index in [0.717, 1.165) is 16.4 Å². The molecule has 0 saturated carbocycles. The smallest absolute Gasteiger partial charge is 0.265 e. The summed E-state index contributed by atoms with van der Waals surface area (Å²) in [6.45, 7) is 2.41. The minimum absolute atomic E-state index is 0.0114. The number of amides is 3. The first kappa shape index (κ1) is 18.7. The lowest BCUT2D eigenvalue weighted by molar-refractivity contribution is -0.121. The zero-order valence-corrected chi connectivity index (χ0v) is 16.6. The first-order chi connectivity index (χ1) is 12.4. The summed E-state index contributed by atoms with van der Waals surface area (Å²) in [5.74, 6) is -0.360. The Balaban J connectivity index is 1.93. The van der Waals surface area contributed by atoms with E-state index in [9.17, 15) is 14.4 Å². The van der Waals surface area contributed by atoms with E-state index in [1.807, 2.05) is 6.92 Å². The average molecular weight is 469 g/mol. The normalized spacial score (nSPS) is 16.8. The van der Waals surface area contributed by atoms with Crippen LogP contribution < -0.4 is 20.7 Å². The molecule has 8 heteroatoms. The van der Waals surface area contributed by atoms with Crippen molar-refractivity contribution in [3.05, 3.63) is 26.8 Å². The van der Waals surface area contributed by atoms with Crippen LogP contribution in [0.5, 0.6) is 5.75 Å². The van der Waals surface area contributed by atoms with E-state index >= 15 is 0 Å². The van der Waals surface area contributed by atoms with Gasteiger partial charge in [-0.25, -0.2) is 0 Å². The van der Waals surface area contributed by atoms with E-state index in [1.165, 1.54) is 0 Å². The quantitative estimate of drug-likeness (QED) is 0.661. The molecule has 0 fully saturated rings. The van der Waals surface area contributed by atoms with Gasteiger partial charge in [0, 0.05) is 21.3 Å². The Labute approximate surface area is 165 Å². The van der Waals surface area contributed by atoms with Gasteiger partial charge in [0.2, 0.25) is 5.91 Å². The van der Waals surface area contributed by atoms with Crippen molar-refractivity contribution >= 4 is 51.7 Å². The molecule has 7 nitrogen and oxygen atoms in total.